The van der Waals surface area contributed by atoms with E-state index in [1.165, 1.54) is 0 Å². The van der Waals surface area contributed by atoms with Gasteiger partial charge in [-0.2, -0.15) is 0 Å². The summed E-state index contributed by atoms with van der Waals surface area (Å²) in [5.74, 6) is -3.24. The standard InChI is InChI=1S/C16H18N2O4/c19-14(10-11-6-2-1-3-7-11)17-18-15(20)12-8-4-5-9-13(12)16(21)22/h1-7,12-13H,8-10H2,(H,17,19)(H,18,20)(H,21,22)/t12-,13+/m1/s1. The second-order valence-corrected chi connectivity index (χ2v) is 5.19. The fourth-order valence-corrected chi connectivity index (χ4v) is 2.43. The quantitative estimate of drug-likeness (QED) is 0.572. The number of carboxylic acids is 1. The average Bonchev–Trinajstić information content (AvgIpc) is 2.53. The van der Waals surface area contributed by atoms with E-state index in [-0.39, 0.29) is 12.3 Å². The summed E-state index contributed by atoms with van der Waals surface area (Å²) >= 11 is 0. The molecule has 116 valence electrons. The molecule has 1 aliphatic rings. The van der Waals surface area contributed by atoms with Gasteiger partial charge in [0.1, 0.15) is 0 Å². The van der Waals surface area contributed by atoms with Crippen LogP contribution in [0.25, 0.3) is 0 Å². The van der Waals surface area contributed by atoms with Crippen molar-refractivity contribution in [2.45, 2.75) is 19.3 Å². The van der Waals surface area contributed by atoms with E-state index in [9.17, 15) is 14.4 Å². The third kappa shape index (κ3) is 4.18. The van der Waals surface area contributed by atoms with Crippen molar-refractivity contribution in [1.82, 2.24) is 10.9 Å². The molecule has 6 heteroatoms. The van der Waals surface area contributed by atoms with Crippen LogP contribution >= 0.6 is 0 Å². The Labute approximate surface area is 128 Å². The minimum Gasteiger partial charge on any atom is -0.481 e. The maximum absolute atomic E-state index is 12.0. The first kappa shape index (κ1) is 15.8. The van der Waals surface area contributed by atoms with E-state index in [0.29, 0.717) is 12.8 Å². The Bertz CT molecular complexity index is 583. The molecule has 0 fully saturated rings. The summed E-state index contributed by atoms with van der Waals surface area (Å²) in [7, 11) is 0. The molecule has 0 unspecified atom stereocenters. The first-order chi connectivity index (χ1) is 10.6. The van der Waals surface area contributed by atoms with Crippen LogP contribution in [-0.2, 0) is 20.8 Å². The molecular weight excluding hydrogens is 284 g/mol. The minimum atomic E-state index is -1.000. The maximum Gasteiger partial charge on any atom is 0.307 e. The molecule has 2 atom stereocenters. The Morgan fingerprint density at radius 2 is 1.64 bits per heavy atom. The van der Waals surface area contributed by atoms with Crippen molar-refractivity contribution in [1.29, 1.82) is 0 Å². The van der Waals surface area contributed by atoms with Gasteiger partial charge in [-0.15, -0.1) is 0 Å². The van der Waals surface area contributed by atoms with Crippen LogP contribution in [0.2, 0.25) is 0 Å². The highest BCUT2D eigenvalue weighted by atomic mass is 16.4. The lowest BCUT2D eigenvalue weighted by atomic mass is 9.82. The van der Waals surface area contributed by atoms with Gasteiger partial charge in [0.2, 0.25) is 11.8 Å². The summed E-state index contributed by atoms with van der Waals surface area (Å²) in [4.78, 5) is 35.0. The van der Waals surface area contributed by atoms with Crippen LogP contribution in [0.4, 0.5) is 0 Å². The summed E-state index contributed by atoms with van der Waals surface area (Å²) < 4.78 is 0. The number of hydrogen-bond acceptors (Lipinski definition) is 3. The summed E-state index contributed by atoms with van der Waals surface area (Å²) in [5, 5.41) is 9.13. The lowest BCUT2D eigenvalue weighted by Crippen LogP contribution is -2.47. The van der Waals surface area contributed by atoms with Crippen molar-refractivity contribution in [2.24, 2.45) is 11.8 Å². The van der Waals surface area contributed by atoms with Crippen LogP contribution in [0.5, 0.6) is 0 Å². The molecule has 1 aromatic rings. The van der Waals surface area contributed by atoms with Crippen molar-refractivity contribution in [3.8, 4) is 0 Å². The molecule has 0 aromatic heterocycles. The highest BCUT2D eigenvalue weighted by molar-refractivity contribution is 5.87. The van der Waals surface area contributed by atoms with Gasteiger partial charge in [-0.05, 0) is 18.4 Å². The number of carbonyl (C=O) groups is 3. The van der Waals surface area contributed by atoms with Gasteiger partial charge in [-0.25, -0.2) is 0 Å². The monoisotopic (exact) mass is 302 g/mol. The van der Waals surface area contributed by atoms with Crippen LogP contribution < -0.4 is 10.9 Å². The van der Waals surface area contributed by atoms with Gasteiger partial charge in [0.25, 0.3) is 0 Å². The summed E-state index contributed by atoms with van der Waals surface area (Å²) in [6, 6.07) is 9.13. The number of hydrazine groups is 1. The zero-order valence-corrected chi connectivity index (χ0v) is 12.0. The Hall–Kier alpha value is -2.63. The van der Waals surface area contributed by atoms with Crippen LogP contribution in [0.3, 0.4) is 0 Å². The molecule has 6 nitrogen and oxygen atoms in total. The van der Waals surface area contributed by atoms with E-state index in [0.717, 1.165) is 5.56 Å². The van der Waals surface area contributed by atoms with Gasteiger partial charge in [-0.3, -0.25) is 25.2 Å². The van der Waals surface area contributed by atoms with E-state index in [1.54, 1.807) is 12.2 Å². The molecule has 2 rings (SSSR count). The molecule has 3 N–H and O–H groups in total. The van der Waals surface area contributed by atoms with Gasteiger partial charge in [0, 0.05) is 0 Å². The first-order valence-corrected chi connectivity index (χ1v) is 7.08. The molecule has 2 amide bonds. The second-order valence-electron chi connectivity index (χ2n) is 5.19. The number of hydrogen-bond donors (Lipinski definition) is 3. The largest absolute Gasteiger partial charge is 0.481 e. The predicted molar refractivity (Wildman–Crippen MR) is 79.4 cm³/mol. The first-order valence-electron chi connectivity index (χ1n) is 7.08. The highest BCUT2D eigenvalue weighted by Crippen LogP contribution is 2.25. The predicted octanol–water partition coefficient (Wildman–Crippen LogP) is 1.04. The van der Waals surface area contributed by atoms with Crippen molar-refractivity contribution < 1.29 is 19.5 Å². The van der Waals surface area contributed by atoms with Crippen LogP contribution in [0, 0.1) is 11.8 Å². The fraction of sp³-hybridized carbons (Fsp3) is 0.312. The fourth-order valence-electron chi connectivity index (χ4n) is 2.43. The topological polar surface area (TPSA) is 95.5 Å². The van der Waals surface area contributed by atoms with Gasteiger partial charge in [0.15, 0.2) is 0 Å². The molecule has 0 radical (unpaired) electrons. The Kier molecular flexibility index (Phi) is 5.30. The minimum absolute atomic E-state index is 0.147. The number of carboxylic acid groups (broad SMARTS) is 1. The molecule has 1 aromatic carbocycles. The van der Waals surface area contributed by atoms with Gasteiger partial charge < -0.3 is 5.11 Å². The van der Waals surface area contributed by atoms with Crippen LogP contribution in [0.1, 0.15) is 18.4 Å². The van der Waals surface area contributed by atoms with E-state index in [4.69, 9.17) is 5.11 Å². The average molecular weight is 302 g/mol. The van der Waals surface area contributed by atoms with Crippen molar-refractivity contribution in [3.63, 3.8) is 0 Å². The Balaban J connectivity index is 1.85. The number of aliphatic carboxylic acids is 1. The lowest BCUT2D eigenvalue weighted by molar-refractivity contribution is -0.147. The summed E-state index contributed by atoms with van der Waals surface area (Å²) in [5.41, 5.74) is 5.49. The third-order valence-corrected chi connectivity index (χ3v) is 3.62. The zero-order valence-electron chi connectivity index (χ0n) is 12.0. The molecule has 0 aliphatic heterocycles. The number of benzene rings is 1. The smallest absolute Gasteiger partial charge is 0.307 e. The lowest BCUT2D eigenvalue weighted by Gasteiger charge is -2.24. The van der Waals surface area contributed by atoms with Gasteiger partial charge >= 0.3 is 5.97 Å². The SMILES string of the molecule is O=C(Cc1ccccc1)NNC(=O)[C@@H]1CC=CC[C@@H]1C(=O)O. The number of nitrogens with one attached hydrogen (secondary N) is 2. The van der Waals surface area contributed by atoms with E-state index >= 15 is 0 Å². The number of allylic oxidation sites excluding steroid dienone is 2. The molecule has 0 saturated heterocycles. The Morgan fingerprint density at radius 1 is 1.00 bits per heavy atom. The zero-order chi connectivity index (χ0) is 15.9. The Morgan fingerprint density at radius 3 is 2.27 bits per heavy atom. The van der Waals surface area contributed by atoms with Crippen molar-refractivity contribution in [3.05, 3.63) is 48.0 Å². The maximum atomic E-state index is 12.0. The van der Waals surface area contributed by atoms with E-state index in [1.807, 2.05) is 30.3 Å². The van der Waals surface area contributed by atoms with E-state index < -0.39 is 23.7 Å². The summed E-state index contributed by atoms with van der Waals surface area (Å²) in [6.07, 6.45) is 4.38. The van der Waals surface area contributed by atoms with Crippen LogP contribution in [-0.4, -0.2) is 22.9 Å². The molecule has 22 heavy (non-hydrogen) atoms. The second kappa shape index (κ2) is 7.40. The van der Waals surface area contributed by atoms with E-state index in [2.05, 4.69) is 10.9 Å². The molecule has 0 spiro atoms. The normalized spacial score (nSPS) is 20.2. The highest BCUT2D eigenvalue weighted by Gasteiger charge is 2.34. The van der Waals surface area contributed by atoms with Crippen molar-refractivity contribution >= 4 is 17.8 Å². The van der Waals surface area contributed by atoms with Crippen LogP contribution in [0.15, 0.2) is 42.5 Å². The third-order valence-electron chi connectivity index (χ3n) is 3.62. The molecule has 0 bridgehead atoms. The molecular formula is C16H18N2O4. The number of carbonyl (C=O) groups excluding carboxylic acids is 2. The van der Waals surface area contributed by atoms with Crippen molar-refractivity contribution in [2.75, 3.05) is 0 Å². The van der Waals surface area contributed by atoms with Gasteiger partial charge in [0.05, 0.1) is 18.3 Å². The number of rotatable bonds is 4. The van der Waals surface area contributed by atoms with Gasteiger partial charge in [-0.1, -0.05) is 42.5 Å². The molecule has 1 aliphatic carbocycles. The molecule has 0 saturated carbocycles. The summed E-state index contributed by atoms with van der Waals surface area (Å²) in [6.45, 7) is 0. The molecule has 0 heterocycles. The number of amides is 2.